The van der Waals surface area contributed by atoms with Gasteiger partial charge in [0.15, 0.2) is 5.96 Å². The summed E-state index contributed by atoms with van der Waals surface area (Å²) in [5, 5.41) is 16.1. The van der Waals surface area contributed by atoms with Gasteiger partial charge in [-0.25, -0.2) is 0 Å². The number of likely N-dealkylation sites (tertiary alicyclic amines) is 1. The van der Waals surface area contributed by atoms with E-state index in [1.54, 1.807) is 0 Å². The molecule has 3 N–H and O–H groups in total. The predicted molar refractivity (Wildman–Crippen MR) is 123 cm³/mol. The Bertz CT molecular complexity index is 371. The minimum Gasteiger partial charge on any atom is -0.396 e. The first-order valence-corrected chi connectivity index (χ1v) is 10.3. The normalized spacial score (nSPS) is 19.1. The van der Waals surface area contributed by atoms with Crippen LogP contribution in [0.3, 0.4) is 0 Å². The molecular weight excluding hydrogens is 439 g/mol. The van der Waals surface area contributed by atoms with Crippen LogP contribution in [0.15, 0.2) is 4.99 Å². The van der Waals surface area contributed by atoms with E-state index in [9.17, 15) is 5.11 Å². The van der Waals surface area contributed by atoms with Crippen LogP contribution in [0.25, 0.3) is 0 Å². The van der Waals surface area contributed by atoms with Gasteiger partial charge in [0, 0.05) is 32.3 Å². The maximum Gasteiger partial charge on any atom is 0.191 e. The second-order valence-corrected chi connectivity index (χ2v) is 8.18. The molecule has 26 heavy (non-hydrogen) atoms. The quantitative estimate of drug-likeness (QED) is 0.254. The van der Waals surface area contributed by atoms with E-state index in [4.69, 9.17) is 4.99 Å². The maximum absolute atomic E-state index is 9.27. The Hall–Kier alpha value is -0.0800. The lowest BCUT2D eigenvalue weighted by Crippen LogP contribution is -2.48. The number of guanidine groups is 1. The molecule has 1 aliphatic rings. The molecular formula is C20H43IN4O. The number of halogens is 1. The maximum atomic E-state index is 9.27. The van der Waals surface area contributed by atoms with Crippen LogP contribution < -0.4 is 10.6 Å². The lowest BCUT2D eigenvalue weighted by molar-refractivity contribution is 0.147. The van der Waals surface area contributed by atoms with Crippen molar-refractivity contribution in [2.24, 2.45) is 22.7 Å². The molecule has 0 spiro atoms. The molecule has 6 heteroatoms. The molecule has 1 saturated heterocycles. The van der Waals surface area contributed by atoms with Gasteiger partial charge in [0.1, 0.15) is 0 Å². The van der Waals surface area contributed by atoms with Gasteiger partial charge < -0.3 is 15.7 Å². The molecule has 0 saturated carbocycles. The highest BCUT2D eigenvalue weighted by Gasteiger charge is 2.20. The number of aliphatic hydroxyl groups excluding tert-OH is 1. The van der Waals surface area contributed by atoms with Crippen LogP contribution in [0.5, 0.6) is 0 Å². The molecule has 1 heterocycles. The minimum absolute atomic E-state index is 0. The SMILES string of the molecule is CCNC(=NCC(CCO)CC(C)C)NCC(C)N1CCC(C)CC1.I. The Morgan fingerprint density at radius 1 is 1.19 bits per heavy atom. The zero-order chi connectivity index (χ0) is 18.7. The van der Waals surface area contributed by atoms with Crippen molar-refractivity contribution in [3.63, 3.8) is 0 Å². The molecule has 1 fully saturated rings. The minimum atomic E-state index is 0. The third kappa shape index (κ3) is 10.9. The molecule has 0 aromatic carbocycles. The third-order valence-corrected chi connectivity index (χ3v) is 5.20. The Morgan fingerprint density at radius 3 is 2.38 bits per heavy atom. The summed E-state index contributed by atoms with van der Waals surface area (Å²) in [6.07, 6.45) is 4.59. The van der Waals surface area contributed by atoms with Crippen LogP contribution in [0.2, 0.25) is 0 Å². The summed E-state index contributed by atoms with van der Waals surface area (Å²) in [5.74, 6) is 2.89. The Balaban J connectivity index is 0.00000625. The highest BCUT2D eigenvalue weighted by molar-refractivity contribution is 14.0. The van der Waals surface area contributed by atoms with Crippen molar-refractivity contribution in [3.8, 4) is 0 Å². The van der Waals surface area contributed by atoms with Crippen molar-refractivity contribution < 1.29 is 5.11 Å². The summed E-state index contributed by atoms with van der Waals surface area (Å²) >= 11 is 0. The van der Waals surface area contributed by atoms with Gasteiger partial charge in [-0.2, -0.15) is 0 Å². The highest BCUT2D eigenvalue weighted by Crippen LogP contribution is 2.18. The van der Waals surface area contributed by atoms with Gasteiger partial charge in [0.25, 0.3) is 0 Å². The van der Waals surface area contributed by atoms with Crippen molar-refractivity contribution in [3.05, 3.63) is 0 Å². The summed E-state index contributed by atoms with van der Waals surface area (Å²) in [5.41, 5.74) is 0. The van der Waals surface area contributed by atoms with E-state index in [1.807, 2.05) is 0 Å². The predicted octanol–water partition coefficient (Wildman–Crippen LogP) is 3.32. The fourth-order valence-corrected chi connectivity index (χ4v) is 3.54. The van der Waals surface area contributed by atoms with Crippen molar-refractivity contribution in [1.82, 2.24) is 15.5 Å². The lowest BCUT2D eigenvalue weighted by atomic mass is 9.94. The molecule has 1 aliphatic heterocycles. The number of nitrogens with one attached hydrogen (secondary N) is 2. The summed E-state index contributed by atoms with van der Waals surface area (Å²) in [6.45, 7) is 16.5. The fraction of sp³-hybridized carbons (Fsp3) is 0.950. The molecule has 0 aromatic rings. The smallest absolute Gasteiger partial charge is 0.191 e. The molecule has 1 rings (SSSR count). The topological polar surface area (TPSA) is 59.9 Å². The van der Waals surface area contributed by atoms with Gasteiger partial charge in [-0.15, -0.1) is 24.0 Å². The lowest BCUT2D eigenvalue weighted by Gasteiger charge is -2.35. The molecule has 0 bridgehead atoms. The van der Waals surface area contributed by atoms with Crippen LogP contribution >= 0.6 is 24.0 Å². The van der Waals surface area contributed by atoms with E-state index in [0.29, 0.717) is 17.9 Å². The largest absolute Gasteiger partial charge is 0.396 e. The summed E-state index contributed by atoms with van der Waals surface area (Å²) in [6, 6.07) is 0.528. The molecule has 0 radical (unpaired) electrons. The van der Waals surface area contributed by atoms with Gasteiger partial charge >= 0.3 is 0 Å². The molecule has 0 aromatic heterocycles. The Morgan fingerprint density at radius 2 is 1.85 bits per heavy atom. The van der Waals surface area contributed by atoms with Gasteiger partial charge in [-0.05, 0) is 70.4 Å². The zero-order valence-electron chi connectivity index (χ0n) is 17.6. The van der Waals surface area contributed by atoms with E-state index in [2.05, 4.69) is 50.2 Å². The number of hydrogen-bond acceptors (Lipinski definition) is 3. The van der Waals surface area contributed by atoms with Crippen LogP contribution in [0, 0.1) is 17.8 Å². The van der Waals surface area contributed by atoms with Crippen LogP contribution in [0.4, 0.5) is 0 Å². The molecule has 0 aliphatic carbocycles. The first-order valence-electron chi connectivity index (χ1n) is 10.3. The van der Waals surface area contributed by atoms with E-state index in [0.717, 1.165) is 44.4 Å². The van der Waals surface area contributed by atoms with E-state index in [-0.39, 0.29) is 30.6 Å². The molecule has 0 amide bonds. The second kappa shape index (κ2) is 14.9. The monoisotopic (exact) mass is 482 g/mol. The summed E-state index contributed by atoms with van der Waals surface area (Å²) in [4.78, 5) is 7.37. The van der Waals surface area contributed by atoms with E-state index < -0.39 is 0 Å². The Kier molecular flexibility index (Phi) is 14.9. The first-order chi connectivity index (χ1) is 12.0. The van der Waals surface area contributed by atoms with Crippen molar-refractivity contribution in [1.29, 1.82) is 0 Å². The average molecular weight is 482 g/mol. The van der Waals surface area contributed by atoms with Crippen molar-refractivity contribution >= 4 is 29.9 Å². The summed E-state index contributed by atoms with van der Waals surface area (Å²) in [7, 11) is 0. The van der Waals surface area contributed by atoms with E-state index >= 15 is 0 Å². The standard InChI is InChI=1S/C20H42N4O.HI/c1-6-21-20(23-15-19(9-12-25)13-16(2)3)22-14-18(5)24-10-7-17(4)8-11-24;/h16-19,25H,6-15H2,1-5H3,(H2,21,22,23);1H. The molecule has 2 atom stereocenters. The fourth-order valence-electron chi connectivity index (χ4n) is 3.54. The van der Waals surface area contributed by atoms with Gasteiger partial charge in [-0.1, -0.05) is 20.8 Å². The number of aliphatic hydroxyl groups is 1. The molecule has 2 unspecified atom stereocenters. The highest BCUT2D eigenvalue weighted by atomic mass is 127. The number of rotatable bonds is 10. The van der Waals surface area contributed by atoms with Gasteiger partial charge in [0.2, 0.25) is 0 Å². The zero-order valence-corrected chi connectivity index (χ0v) is 20.0. The van der Waals surface area contributed by atoms with Gasteiger partial charge in [-0.3, -0.25) is 9.89 Å². The molecule has 156 valence electrons. The third-order valence-electron chi connectivity index (χ3n) is 5.20. The van der Waals surface area contributed by atoms with Crippen molar-refractivity contribution in [2.45, 2.75) is 66.3 Å². The second-order valence-electron chi connectivity index (χ2n) is 8.18. The van der Waals surface area contributed by atoms with Crippen LogP contribution in [0.1, 0.15) is 60.3 Å². The van der Waals surface area contributed by atoms with Crippen molar-refractivity contribution in [2.75, 3.05) is 39.3 Å². The van der Waals surface area contributed by atoms with E-state index in [1.165, 1.54) is 25.9 Å². The number of nitrogens with zero attached hydrogens (tertiary/aromatic N) is 2. The first kappa shape index (κ1) is 25.9. The molecule has 5 nitrogen and oxygen atoms in total. The Labute approximate surface area is 178 Å². The summed E-state index contributed by atoms with van der Waals surface area (Å²) < 4.78 is 0. The number of aliphatic imine (C=N–C) groups is 1. The van der Waals surface area contributed by atoms with Gasteiger partial charge in [0.05, 0.1) is 0 Å². The number of hydrogen-bond donors (Lipinski definition) is 3. The number of piperidine rings is 1. The average Bonchev–Trinajstić information content (AvgIpc) is 2.57. The van der Waals surface area contributed by atoms with Crippen LogP contribution in [-0.4, -0.2) is 61.3 Å². The van der Waals surface area contributed by atoms with Crippen LogP contribution in [-0.2, 0) is 0 Å².